The third-order valence-electron chi connectivity index (χ3n) is 7.73. The Morgan fingerprint density at radius 3 is 2.50 bits per heavy atom. The number of H-pyrrole nitrogens is 1. The lowest BCUT2D eigenvalue weighted by molar-refractivity contribution is -0.127. The van der Waals surface area contributed by atoms with Gasteiger partial charge in [0.1, 0.15) is 25.1 Å². The third kappa shape index (κ3) is 5.39. The molecular formula is C32H32FN3O4. The molecule has 1 fully saturated rings. The number of fused-ring (bicyclic) bond motifs is 2. The van der Waals surface area contributed by atoms with Crippen molar-refractivity contribution in [3.8, 4) is 11.5 Å². The molecule has 1 aliphatic heterocycles. The molecule has 1 saturated carbocycles. The molecule has 1 aliphatic carbocycles. The molecular weight excluding hydrogens is 509 g/mol. The lowest BCUT2D eigenvalue weighted by atomic mass is 9.94. The van der Waals surface area contributed by atoms with Crippen molar-refractivity contribution in [1.29, 1.82) is 0 Å². The SMILES string of the molecule is O=C(NC1CCCCC1)C(c1ccc(F)cc1)N(C(=O)Cc1c[nH]c2ccccc12)c1ccc2c(c1)OCCO2. The molecule has 0 saturated heterocycles. The number of hydrogen-bond donors (Lipinski definition) is 2. The maximum Gasteiger partial charge on any atom is 0.248 e. The van der Waals surface area contributed by atoms with Crippen LogP contribution < -0.4 is 19.7 Å². The summed E-state index contributed by atoms with van der Waals surface area (Å²) in [5.41, 5.74) is 2.79. The normalized spacial score (nSPS) is 15.9. The first-order valence-corrected chi connectivity index (χ1v) is 13.9. The van der Waals surface area contributed by atoms with Crippen LogP contribution in [-0.2, 0) is 16.0 Å². The summed E-state index contributed by atoms with van der Waals surface area (Å²) in [7, 11) is 0. The predicted octanol–water partition coefficient (Wildman–Crippen LogP) is 5.84. The molecule has 2 heterocycles. The van der Waals surface area contributed by atoms with E-state index in [1.165, 1.54) is 17.0 Å². The summed E-state index contributed by atoms with van der Waals surface area (Å²) < 4.78 is 25.5. The van der Waals surface area contributed by atoms with Crippen LogP contribution >= 0.6 is 0 Å². The molecule has 1 aromatic heterocycles. The molecule has 1 atom stereocenters. The maximum atomic E-state index is 14.3. The van der Waals surface area contributed by atoms with Gasteiger partial charge in [0.25, 0.3) is 0 Å². The summed E-state index contributed by atoms with van der Waals surface area (Å²) in [6.45, 7) is 0.834. The predicted molar refractivity (Wildman–Crippen MR) is 151 cm³/mol. The summed E-state index contributed by atoms with van der Waals surface area (Å²) in [5, 5.41) is 4.15. The molecule has 0 bridgehead atoms. The molecule has 3 aromatic carbocycles. The summed E-state index contributed by atoms with van der Waals surface area (Å²) in [4.78, 5) is 33.1. The highest BCUT2D eigenvalue weighted by Gasteiger charge is 2.35. The Morgan fingerprint density at radius 2 is 1.70 bits per heavy atom. The average molecular weight is 542 g/mol. The highest BCUT2D eigenvalue weighted by molar-refractivity contribution is 6.03. The van der Waals surface area contributed by atoms with E-state index in [0.717, 1.165) is 48.6 Å². The van der Waals surface area contributed by atoms with Crippen molar-refractivity contribution in [3.05, 3.63) is 89.9 Å². The Kier molecular flexibility index (Phi) is 7.40. The number of aromatic nitrogens is 1. The molecule has 1 unspecified atom stereocenters. The molecule has 40 heavy (non-hydrogen) atoms. The number of hydrogen-bond acceptors (Lipinski definition) is 4. The fraction of sp³-hybridized carbons (Fsp3) is 0.312. The van der Waals surface area contributed by atoms with Gasteiger partial charge in [0.15, 0.2) is 11.5 Å². The molecule has 2 amide bonds. The van der Waals surface area contributed by atoms with Crippen LogP contribution in [0.3, 0.4) is 0 Å². The van der Waals surface area contributed by atoms with Crippen LogP contribution in [0.1, 0.15) is 49.3 Å². The summed E-state index contributed by atoms with van der Waals surface area (Å²) in [6.07, 6.45) is 6.95. The number of amides is 2. The number of ether oxygens (including phenoxy) is 2. The van der Waals surface area contributed by atoms with Gasteiger partial charge in [-0.15, -0.1) is 0 Å². The van der Waals surface area contributed by atoms with Crippen molar-refractivity contribution in [2.75, 3.05) is 18.1 Å². The van der Waals surface area contributed by atoms with Crippen molar-refractivity contribution in [2.24, 2.45) is 0 Å². The van der Waals surface area contributed by atoms with Gasteiger partial charge in [0, 0.05) is 34.9 Å². The zero-order chi connectivity index (χ0) is 27.5. The number of halogens is 1. The molecule has 2 N–H and O–H groups in total. The van der Waals surface area contributed by atoms with Crippen molar-refractivity contribution >= 4 is 28.4 Å². The number of aromatic amines is 1. The second kappa shape index (κ2) is 11.4. The molecule has 0 spiro atoms. The Bertz CT molecular complexity index is 1510. The van der Waals surface area contributed by atoms with E-state index in [9.17, 15) is 14.0 Å². The topological polar surface area (TPSA) is 83.7 Å². The Morgan fingerprint density at radius 1 is 0.950 bits per heavy atom. The Hall–Kier alpha value is -4.33. The number of anilines is 1. The van der Waals surface area contributed by atoms with Crippen LogP contribution in [0.4, 0.5) is 10.1 Å². The standard InChI is InChI=1S/C32H32FN3O4/c33-23-12-10-21(11-13-23)31(32(38)35-24-6-2-1-3-7-24)36(25-14-15-28-29(19-25)40-17-16-39-28)30(37)18-22-20-34-27-9-5-4-8-26(22)27/h4-5,8-15,19-20,24,31,34H,1-3,6-7,16-18H2,(H,35,38). The maximum absolute atomic E-state index is 14.3. The van der Waals surface area contributed by atoms with Gasteiger partial charge in [-0.2, -0.15) is 0 Å². The molecule has 0 radical (unpaired) electrons. The third-order valence-corrected chi connectivity index (χ3v) is 7.73. The highest BCUT2D eigenvalue weighted by Crippen LogP contribution is 2.38. The second-order valence-corrected chi connectivity index (χ2v) is 10.4. The highest BCUT2D eigenvalue weighted by atomic mass is 19.1. The van der Waals surface area contributed by atoms with E-state index in [1.807, 2.05) is 30.5 Å². The van der Waals surface area contributed by atoms with E-state index in [2.05, 4.69) is 10.3 Å². The van der Waals surface area contributed by atoms with E-state index in [0.29, 0.717) is 36.0 Å². The van der Waals surface area contributed by atoms with Crippen LogP contribution in [0.25, 0.3) is 10.9 Å². The molecule has 7 nitrogen and oxygen atoms in total. The number of benzene rings is 3. The van der Waals surface area contributed by atoms with Crippen molar-refractivity contribution in [1.82, 2.24) is 10.3 Å². The first kappa shape index (κ1) is 25.9. The lowest BCUT2D eigenvalue weighted by Crippen LogP contribution is -2.47. The number of nitrogens with one attached hydrogen (secondary N) is 2. The van der Waals surface area contributed by atoms with Crippen molar-refractivity contribution < 1.29 is 23.5 Å². The number of carbonyl (C=O) groups excluding carboxylic acids is 2. The van der Waals surface area contributed by atoms with Gasteiger partial charge in [-0.05, 0) is 54.3 Å². The van der Waals surface area contributed by atoms with Gasteiger partial charge >= 0.3 is 0 Å². The van der Waals surface area contributed by atoms with E-state index in [4.69, 9.17) is 9.47 Å². The van der Waals surface area contributed by atoms with Crippen LogP contribution in [0, 0.1) is 5.82 Å². The van der Waals surface area contributed by atoms with Gasteiger partial charge in [-0.25, -0.2) is 4.39 Å². The first-order chi connectivity index (χ1) is 19.6. The van der Waals surface area contributed by atoms with Gasteiger partial charge in [0.05, 0.1) is 6.42 Å². The van der Waals surface area contributed by atoms with E-state index in [1.54, 1.807) is 30.3 Å². The zero-order valence-corrected chi connectivity index (χ0v) is 22.2. The van der Waals surface area contributed by atoms with E-state index >= 15 is 0 Å². The quantitative estimate of drug-likeness (QED) is 0.308. The molecule has 6 rings (SSSR count). The Balaban J connectivity index is 1.42. The molecule has 2 aliphatic rings. The van der Waals surface area contributed by atoms with Gasteiger partial charge < -0.3 is 19.8 Å². The smallest absolute Gasteiger partial charge is 0.248 e. The minimum atomic E-state index is -1.01. The lowest BCUT2D eigenvalue weighted by Gasteiger charge is -2.34. The second-order valence-electron chi connectivity index (χ2n) is 10.4. The number of rotatable bonds is 7. The fourth-order valence-corrected chi connectivity index (χ4v) is 5.73. The number of nitrogens with zero attached hydrogens (tertiary/aromatic N) is 1. The average Bonchev–Trinajstić information content (AvgIpc) is 3.39. The first-order valence-electron chi connectivity index (χ1n) is 13.9. The molecule has 8 heteroatoms. The molecule has 4 aromatic rings. The number of carbonyl (C=O) groups is 2. The largest absolute Gasteiger partial charge is 0.486 e. The molecule has 206 valence electrons. The fourth-order valence-electron chi connectivity index (χ4n) is 5.73. The summed E-state index contributed by atoms with van der Waals surface area (Å²) in [6, 6.07) is 17.9. The Labute approximate surface area is 232 Å². The van der Waals surface area contributed by atoms with Gasteiger partial charge in [0.2, 0.25) is 11.8 Å². The van der Waals surface area contributed by atoms with Gasteiger partial charge in [-0.3, -0.25) is 14.5 Å². The van der Waals surface area contributed by atoms with Gasteiger partial charge in [-0.1, -0.05) is 49.6 Å². The van der Waals surface area contributed by atoms with Crippen LogP contribution in [0.2, 0.25) is 0 Å². The zero-order valence-electron chi connectivity index (χ0n) is 22.2. The van der Waals surface area contributed by atoms with E-state index in [-0.39, 0.29) is 24.3 Å². The van der Waals surface area contributed by atoms with Crippen molar-refractivity contribution in [2.45, 2.75) is 50.6 Å². The number of para-hydroxylation sites is 1. The van der Waals surface area contributed by atoms with E-state index < -0.39 is 11.9 Å². The minimum absolute atomic E-state index is 0.0371. The van der Waals surface area contributed by atoms with Crippen LogP contribution in [-0.4, -0.2) is 36.1 Å². The van der Waals surface area contributed by atoms with Crippen molar-refractivity contribution in [3.63, 3.8) is 0 Å². The summed E-state index contributed by atoms with van der Waals surface area (Å²) in [5.74, 6) is 0.129. The summed E-state index contributed by atoms with van der Waals surface area (Å²) >= 11 is 0. The van der Waals surface area contributed by atoms with Crippen LogP contribution in [0.15, 0.2) is 72.9 Å². The minimum Gasteiger partial charge on any atom is -0.486 e. The monoisotopic (exact) mass is 541 g/mol. The van der Waals surface area contributed by atoms with Crippen LogP contribution in [0.5, 0.6) is 11.5 Å².